The summed E-state index contributed by atoms with van der Waals surface area (Å²) in [6, 6.07) is 9.94. The van der Waals surface area contributed by atoms with Gasteiger partial charge in [-0.3, -0.25) is 29.2 Å². The van der Waals surface area contributed by atoms with Crippen molar-refractivity contribution in [2.75, 3.05) is 31.9 Å². The van der Waals surface area contributed by atoms with Gasteiger partial charge in [-0.05, 0) is 106 Å². The van der Waals surface area contributed by atoms with Crippen LogP contribution in [0.4, 0.5) is 10.2 Å². The van der Waals surface area contributed by atoms with Crippen LogP contribution in [0.1, 0.15) is 115 Å². The number of pyridine rings is 1. The summed E-state index contributed by atoms with van der Waals surface area (Å²) in [5.74, 6) is -1.13. The van der Waals surface area contributed by atoms with Crippen LogP contribution in [-0.4, -0.2) is 91.4 Å². The minimum absolute atomic E-state index is 0.0570. The molecular formula is C45H49Cl2FN8O5. The van der Waals surface area contributed by atoms with Crippen molar-refractivity contribution in [2.24, 2.45) is 5.41 Å². The summed E-state index contributed by atoms with van der Waals surface area (Å²) in [5, 5.41) is 7.29. The number of ether oxygens (including phenoxy) is 1. The highest BCUT2D eigenvalue weighted by atomic mass is 35.5. The number of likely N-dealkylation sites (tertiary alicyclic amines) is 2. The maximum Gasteiger partial charge on any atom is 0.255 e. The first kappa shape index (κ1) is 41.3. The van der Waals surface area contributed by atoms with Gasteiger partial charge in [0.05, 0.1) is 17.3 Å². The fraction of sp³-hybridized carbons (Fsp3) is 0.467. The zero-order chi connectivity index (χ0) is 42.6. The van der Waals surface area contributed by atoms with Gasteiger partial charge < -0.3 is 25.2 Å². The van der Waals surface area contributed by atoms with Crippen molar-refractivity contribution in [1.82, 2.24) is 34.8 Å². The van der Waals surface area contributed by atoms with Gasteiger partial charge in [0.25, 0.3) is 11.8 Å². The third kappa shape index (κ3) is 8.10. The molecule has 61 heavy (non-hydrogen) atoms. The topological polar surface area (TPSA) is 156 Å². The number of hydrogen-bond donors (Lipinski definition) is 2. The van der Waals surface area contributed by atoms with Crippen LogP contribution in [0.3, 0.4) is 0 Å². The van der Waals surface area contributed by atoms with Crippen LogP contribution in [-0.2, 0) is 16.1 Å². The number of nitrogens with one attached hydrogen (secondary N) is 1. The van der Waals surface area contributed by atoms with Gasteiger partial charge in [0.15, 0.2) is 11.6 Å². The number of fused-ring (bicyclic) bond motifs is 1. The number of anilines is 1. The molecule has 6 heterocycles. The highest BCUT2D eigenvalue weighted by Gasteiger charge is 2.42. The maximum absolute atomic E-state index is 14.2. The molecule has 1 unspecified atom stereocenters. The Kier molecular flexibility index (Phi) is 11.3. The number of rotatable bonds is 8. The van der Waals surface area contributed by atoms with Gasteiger partial charge in [-0.1, -0.05) is 29.3 Å². The monoisotopic (exact) mass is 870 g/mol. The lowest BCUT2D eigenvalue weighted by Gasteiger charge is -2.48. The van der Waals surface area contributed by atoms with Crippen molar-refractivity contribution in [2.45, 2.75) is 102 Å². The predicted molar refractivity (Wildman–Crippen MR) is 227 cm³/mol. The summed E-state index contributed by atoms with van der Waals surface area (Å²) in [7, 11) is 0. The zero-order valence-electron chi connectivity index (χ0n) is 34.0. The van der Waals surface area contributed by atoms with E-state index in [2.05, 4.69) is 19.9 Å². The number of halogens is 3. The van der Waals surface area contributed by atoms with Crippen molar-refractivity contribution in [3.8, 4) is 16.9 Å². The Morgan fingerprint density at radius 2 is 1.69 bits per heavy atom. The molecule has 4 amide bonds. The fourth-order valence-electron chi connectivity index (χ4n) is 10.2. The first-order valence-electron chi connectivity index (χ1n) is 21.3. The van der Waals surface area contributed by atoms with Crippen LogP contribution in [0.25, 0.3) is 11.1 Å². The highest BCUT2D eigenvalue weighted by Crippen LogP contribution is 2.46. The summed E-state index contributed by atoms with van der Waals surface area (Å²) >= 11 is 12.6. The number of imide groups is 1. The SMILES string of the molecule is C[C@@H](Oc1cc(-c2cnn(C3CCN(C4CCC5(CC4)CCN(C(=O)c4ccc6c(c4)C(=O)N(C4CCC(=O)NC4=O)C6)CC5)CC3)c2)cnc1N)c1c(Cl)ccc(F)c1Cl. The molecule has 1 aliphatic carbocycles. The number of aromatic nitrogens is 3. The van der Waals surface area contributed by atoms with Crippen molar-refractivity contribution < 1.29 is 28.3 Å². The van der Waals surface area contributed by atoms with Gasteiger partial charge in [-0.2, -0.15) is 5.10 Å². The number of nitrogens with two attached hydrogens (primary N) is 1. The molecule has 3 N–H and O–H groups in total. The van der Waals surface area contributed by atoms with E-state index >= 15 is 0 Å². The van der Waals surface area contributed by atoms with Gasteiger partial charge in [0.2, 0.25) is 11.8 Å². The van der Waals surface area contributed by atoms with Crippen molar-refractivity contribution in [1.29, 1.82) is 0 Å². The fourth-order valence-corrected chi connectivity index (χ4v) is 10.9. The Balaban J connectivity index is 0.746. The van der Waals surface area contributed by atoms with E-state index in [0.717, 1.165) is 81.1 Å². The van der Waals surface area contributed by atoms with E-state index in [9.17, 15) is 23.6 Å². The molecule has 13 nitrogen and oxygen atoms in total. The molecule has 0 bridgehead atoms. The first-order chi connectivity index (χ1) is 29.4. The zero-order valence-corrected chi connectivity index (χ0v) is 35.6. The molecule has 4 aliphatic heterocycles. The van der Waals surface area contributed by atoms with E-state index in [-0.39, 0.29) is 46.4 Å². The van der Waals surface area contributed by atoms with Crippen LogP contribution in [0, 0.1) is 11.2 Å². The van der Waals surface area contributed by atoms with E-state index in [1.54, 1.807) is 31.3 Å². The molecule has 2 aromatic heterocycles. The number of nitrogens with zero attached hydrogens (tertiary/aromatic N) is 6. The average Bonchev–Trinajstić information content (AvgIpc) is 3.88. The molecule has 4 aromatic rings. The van der Waals surface area contributed by atoms with Crippen molar-refractivity contribution in [3.63, 3.8) is 0 Å². The summed E-state index contributed by atoms with van der Waals surface area (Å²) in [4.78, 5) is 61.6. The molecule has 1 spiro atoms. The normalized spacial score (nSPS) is 21.8. The number of nitrogen functional groups attached to an aromatic ring is 1. The molecule has 4 fully saturated rings. The second-order valence-electron chi connectivity index (χ2n) is 17.4. The average molecular weight is 872 g/mol. The lowest BCUT2D eigenvalue weighted by atomic mass is 9.66. The largest absolute Gasteiger partial charge is 0.482 e. The minimum Gasteiger partial charge on any atom is -0.482 e. The van der Waals surface area contributed by atoms with Gasteiger partial charge in [-0.25, -0.2) is 9.37 Å². The number of amides is 4. The first-order valence-corrected chi connectivity index (χ1v) is 22.0. The Labute approximate surface area is 363 Å². The van der Waals surface area contributed by atoms with Crippen molar-refractivity contribution in [3.05, 3.63) is 93.1 Å². The molecule has 2 aromatic carbocycles. The number of carbonyl (C=O) groups excluding carboxylic acids is 4. The molecular weight excluding hydrogens is 822 g/mol. The Hall–Kier alpha value is -5.05. The maximum atomic E-state index is 14.2. The molecule has 16 heteroatoms. The van der Waals surface area contributed by atoms with E-state index in [4.69, 9.17) is 38.8 Å². The molecule has 3 saturated heterocycles. The summed E-state index contributed by atoms with van der Waals surface area (Å²) < 4.78 is 22.4. The molecule has 320 valence electrons. The van der Waals surface area contributed by atoms with Gasteiger partial charge in [0, 0.05) is 90.4 Å². The van der Waals surface area contributed by atoms with Crippen LogP contribution in [0.2, 0.25) is 10.0 Å². The summed E-state index contributed by atoms with van der Waals surface area (Å²) in [6.07, 6.45) is 14.0. The number of hydrogen-bond acceptors (Lipinski definition) is 9. The quantitative estimate of drug-likeness (QED) is 0.136. The third-order valence-electron chi connectivity index (χ3n) is 13.9. The summed E-state index contributed by atoms with van der Waals surface area (Å²) in [6.45, 7) is 5.45. The second kappa shape index (κ2) is 16.7. The van der Waals surface area contributed by atoms with Crippen LogP contribution in [0.15, 0.2) is 55.0 Å². The van der Waals surface area contributed by atoms with Crippen LogP contribution in [0.5, 0.6) is 5.75 Å². The number of benzene rings is 2. The Bertz CT molecular complexity index is 2380. The second-order valence-corrected chi connectivity index (χ2v) is 18.2. The van der Waals surface area contributed by atoms with Crippen molar-refractivity contribution >= 4 is 52.6 Å². The smallest absolute Gasteiger partial charge is 0.255 e. The molecule has 0 radical (unpaired) electrons. The van der Waals surface area contributed by atoms with Gasteiger partial charge in [-0.15, -0.1) is 0 Å². The molecule has 5 aliphatic rings. The summed E-state index contributed by atoms with van der Waals surface area (Å²) in [5.41, 5.74) is 10.2. The lowest BCUT2D eigenvalue weighted by Crippen LogP contribution is -2.52. The third-order valence-corrected chi connectivity index (χ3v) is 14.6. The highest BCUT2D eigenvalue weighted by molar-refractivity contribution is 6.36. The van der Waals surface area contributed by atoms with Gasteiger partial charge in [0.1, 0.15) is 18.0 Å². The Morgan fingerprint density at radius 3 is 2.43 bits per heavy atom. The molecule has 2 atom stereocenters. The standard InChI is InChI=1S/C45H49Cl2FN8O5/c1-26(39-34(46)4-5-35(48)40(39)47)61-37-21-29(22-50-41(37)49)30-23-51-56(25-30)32-10-16-53(17-11-32)31-8-12-45(13-9-31)14-18-54(19-15-45)43(59)27-2-3-28-24-55(44(60)33(28)20-27)36-6-7-38(57)52-42(36)58/h2-5,20-23,25-26,31-32,36H,6-19,24H2,1H3,(H2,49,50)(H,52,57,58)/t26-,36?/m1/s1. The minimum atomic E-state index is -0.681. The van der Waals surface area contributed by atoms with E-state index in [1.807, 2.05) is 23.4 Å². The van der Waals surface area contributed by atoms with Crippen LogP contribution >= 0.6 is 23.2 Å². The van der Waals surface area contributed by atoms with E-state index in [1.165, 1.54) is 17.0 Å². The molecule has 9 rings (SSSR count). The van der Waals surface area contributed by atoms with E-state index < -0.39 is 23.9 Å². The van der Waals surface area contributed by atoms with Crippen LogP contribution < -0.4 is 15.8 Å². The van der Waals surface area contributed by atoms with E-state index in [0.29, 0.717) is 59.6 Å². The number of piperidine rings is 3. The van der Waals surface area contributed by atoms with Gasteiger partial charge >= 0.3 is 0 Å². The number of carbonyl (C=O) groups is 4. The molecule has 1 saturated carbocycles. The predicted octanol–water partition coefficient (Wildman–Crippen LogP) is 7.38. The Morgan fingerprint density at radius 1 is 0.934 bits per heavy atom. The lowest BCUT2D eigenvalue weighted by molar-refractivity contribution is -0.136.